The second-order valence-electron chi connectivity index (χ2n) is 2.40. The molecule has 0 aliphatic heterocycles. The highest BCUT2D eigenvalue weighted by Gasteiger charge is 1.95. The van der Waals surface area contributed by atoms with Crippen LogP contribution in [0.5, 0.6) is 0 Å². The summed E-state index contributed by atoms with van der Waals surface area (Å²) in [5.41, 5.74) is 2.58. The number of benzene rings is 1. The minimum absolute atomic E-state index is 0. The van der Waals surface area contributed by atoms with E-state index in [-0.39, 0.29) is 1.43 Å². The van der Waals surface area contributed by atoms with Crippen molar-refractivity contribution < 1.29 is 6.22 Å². The van der Waals surface area contributed by atoms with E-state index in [1.54, 1.807) is 12.4 Å². The van der Waals surface area contributed by atoms with Crippen molar-refractivity contribution in [1.29, 1.82) is 0 Å². The molecular weight excluding hydrogens is 154 g/mol. The molecule has 2 rings (SSSR count). The number of carbonyl (C=O) groups is 1. The number of anilines is 1. The van der Waals surface area contributed by atoms with Crippen molar-refractivity contribution in [2.45, 2.75) is 0 Å². The van der Waals surface area contributed by atoms with E-state index in [2.05, 4.69) is 15.3 Å². The highest BCUT2D eigenvalue weighted by atomic mass is 16.1. The molecule has 12 heavy (non-hydrogen) atoms. The first-order valence-electron chi connectivity index (χ1n) is 3.53. The third-order valence-corrected chi connectivity index (χ3v) is 1.65. The molecule has 2 N–H and O–H groups in total. The third kappa shape index (κ3) is 1.03. The van der Waals surface area contributed by atoms with Gasteiger partial charge in [0.15, 0.2) is 0 Å². The van der Waals surface area contributed by atoms with Crippen molar-refractivity contribution >= 4 is 23.1 Å². The predicted octanol–water partition coefficient (Wildman–Crippen LogP) is 1.24. The first-order valence-corrected chi connectivity index (χ1v) is 3.53. The Morgan fingerprint density at radius 3 is 3.33 bits per heavy atom. The minimum Gasteiger partial charge on any atom is -0.345 e. The molecule has 1 aromatic carbocycles. The van der Waals surface area contributed by atoms with Gasteiger partial charge in [0.05, 0.1) is 17.4 Å². The van der Waals surface area contributed by atoms with Crippen LogP contribution in [0.15, 0.2) is 24.5 Å². The smallest absolute Gasteiger partial charge is 0.345 e. The highest BCUT2D eigenvalue weighted by molar-refractivity contribution is 5.82. The van der Waals surface area contributed by atoms with Crippen LogP contribution in [-0.4, -0.2) is 16.4 Å². The number of carbonyl (C=O) groups excluding carboxylic acids is 1. The number of nitrogens with zero attached hydrogens (tertiary/aromatic N) is 1. The summed E-state index contributed by atoms with van der Waals surface area (Å²) < 4.78 is 0. The second kappa shape index (κ2) is 2.65. The molecular formula is C8H8N3O+. The summed E-state index contributed by atoms with van der Waals surface area (Å²) in [7, 11) is 0. The standard InChI is InChI=1S/C8H7N3O/c12-5-11-6-1-2-7-8(3-6)10-4-9-7/h1-5H,(H,9,10)(H,11,12)/p+1. The Morgan fingerprint density at radius 1 is 1.58 bits per heavy atom. The summed E-state index contributed by atoms with van der Waals surface area (Å²) >= 11 is 0. The van der Waals surface area contributed by atoms with Crippen LogP contribution in [0.25, 0.3) is 11.0 Å². The summed E-state index contributed by atoms with van der Waals surface area (Å²) in [6.07, 6.45) is 2.27. The Balaban J connectivity index is 0.000000845. The summed E-state index contributed by atoms with van der Waals surface area (Å²) in [6.45, 7) is 0. The molecule has 0 fully saturated rings. The van der Waals surface area contributed by atoms with Crippen molar-refractivity contribution in [1.82, 2.24) is 9.97 Å². The maximum absolute atomic E-state index is 10.1. The van der Waals surface area contributed by atoms with E-state index in [1.165, 1.54) is 0 Å². The van der Waals surface area contributed by atoms with E-state index in [4.69, 9.17) is 0 Å². The van der Waals surface area contributed by atoms with Gasteiger partial charge in [0.1, 0.15) is 0 Å². The molecule has 1 heterocycles. The van der Waals surface area contributed by atoms with Gasteiger partial charge in [0.2, 0.25) is 6.41 Å². The summed E-state index contributed by atoms with van der Waals surface area (Å²) in [4.78, 5) is 17.1. The fourth-order valence-corrected chi connectivity index (χ4v) is 1.09. The van der Waals surface area contributed by atoms with Crippen LogP contribution in [0.2, 0.25) is 0 Å². The number of nitrogens with one attached hydrogen (secondary N) is 2. The molecule has 1 amide bonds. The number of aromatic amines is 1. The van der Waals surface area contributed by atoms with Crippen LogP contribution in [-0.2, 0) is 4.79 Å². The first-order chi connectivity index (χ1) is 5.90. The Bertz CT molecular complexity index is 412. The van der Waals surface area contributed by atoms with Crippen molar-refractivity contribution in [3.63, 3.8) is 0 Å². The van der Waals surface area contributed by atoms with Crippen LogP contribution >= 0.6 is 0 Å². The molecule has 0 aliphatic rings. The predicted molar refractivity (Wildman–Crippen MR) is 46.9 cm³/mol. The Hall–Kier alpha value is -1.84. The minimum atomic E-state index is 0. The monoisotopic (exact) mass is 162 g/mol. The Kier molecular flexibility index (Phi) is 1.51. The van der Waals surface area contributed by atoms with Gasteiger partial charge in [-0.3, -0.25) is 4.79 Å². The zero-order chi connectivity index (χ0) is 8.39. The topological polar surface area (TPSA) is 57.8 Å². The van der Waals surface area contributed by atoms with Crippen LogP contribution in [0, 0.1) is 0 Å². The maximum Gasteiger partial charge on any atom is 1.00 e. The number of amides is 1. The van der Waals surface area contributed by atoms with E-state index < -0.39 is 0 Å². The summed E-state index contributed by atoms with van der Waals surface area (Å²) in [5, 5.41) is 2.56. The van der Waals surface area contributed by atoms with Gasteiger partial charge in [-0.05, 0) is 18.2 Å². The average Bonchev–Trinajstić information content (AvgIpc) is 2.51. The number of fused-ring (bicyclic) bond motifs is 1. The molecule has 0 bridgehead atoms. The molecule has 0 saturated carbocycles. The van der Waals surface area contributed by atoms with Crippen molar-refractivity contribution in [2.24, 2.45) is 0 Å². The number of rotatable bonds is 2. The van der Waals surface area contributed by atoms with Crippen molar-refractivity contribution in [3.8, 4) is 0 Å². The maximum atomic E-state index is 10.1. The van der Waals surface area contributed by atoms with Gasteiger partial charge in [-0.25, -0.2) is 4.98 Å². The molecule has 4 nitrogen and oxygen atoms in total. The molecule has 0 aliphatic carbocycles. The zero-order valence-corrected chi connectivity index (χ0v) is 6.24. The van der Waals surface area contributed by atoms with Crippen LogP contribution < -0.4 is 5.32 Å². The molecule has 0 saturated heterocycles. The molecule has 0 radical (unpaired) electrons. The lowest BCUT2D eigenvalue weighted by atomic mass is 10.3. The molecule has 1 aromatic heterocycles. The summed E-state index contributed by atoms with van der Waals surface area (Å²) in [5.74, 6) is 0. The average molecular weight is 162 g/mol. The number of imidazole rings is 1. The third-order valence-electron chi connectivity index (χ3n) is 1.65. The molecule has 0 unspecified atom stereocenters. The number of hydrogen-bond donors (Lipinski definition) is 2. The van der Waals surface area contributed by atoms with Crippen LogP contribution in [0.3, 0.4) is 0 Å². The molecule has 2 aromatic rings. The van der Waals surface area contributed by atoms with E-state index in [1.807, 2.05) is 12.1 Å². The number of aromatic nitrogens is 2. The normalized spacial score (nSPS) is 10.0. The zero-order valence-electron chi connectivity index (χ0n) is 7.24. The second-order valence-corrected chi connectivity index (χ2v) is 2.40. The molecule has 4 heteroatoms. The Morgan fingerprint density at radius 2 is 2.50 bits per heavy atom. The van der Waals surface area contributed by atoms with E-state index in [9.17, 15) is 4.79 Å². The van der Waals surface area contributed by atoms with Crippen molar-refractivity contribution in [2.75, 3.05) is 5.32 Å². The van der Waals surface area contributed by atoms with Gasteiger partial charge in [-0.1, -0.05) is 0 Å². The largest absolute Gasteiger partial charge is 1.00 e. The molecule has 60 valence electrons. The van der Waals surface area contributed by atoms with Gasteiger partial charge in [0.25, 0.3) is 0 Å². The van der Waals surface area contributed by atoms with E-state index in [0.29, 0.717) is 6.41 Å². The van der Waals surface area contributed by atoms with Gasteiger partial charge >= 0.3 is 1.43 Å². The van der Waals surface area contributed by atoms with Gasteiger partial charge in [0, 0.05) is 5.69 Å². The summed E-state index contributed by atoms with van der Waals surface area (Å²) in [6, 6.07) is 5.48. The Labute approximate surface area is 70.1 Å². The lowest BCUT2D eigenvalue weighted by Crippen LogP contribution is -1.92. The number of H-pyrrole nitrogens is 1. The highest BCUT2D eigenvalue weighted by Crippen LogP contribution is 2.14. The SMILES string of the molecule is O=CNc1ccc2nc[nH]c2c1.[H+]. The van der Waals surface area contributed by atoms with E-state index >= 15 is 0 Å². The van der Waals surface area contributed by atoms with Crippen LogP contribution in [0.1, 0.15) is 1.43 Å². The first kappa shape index (κ1) is 6.84. The van der Waals surface area contributed by atoms with E-state index in [0.717, 1.165) is 16.7 Å². The van der Waals surface area contributed by atoms with Gasteiger partial charge in [-0.15, -0.1) is 0 Å². The van der Waals surface area contributed by atoms with Crippen molar-refractivity contribution in [3.05, 3.63) is 24.5 Å². The van der Waals surface area contributed by atoms with Crippen LogP contribution in [0.4, 0.5) is 5.69 Å². The molecule has 0 spiro atoms. The lowest BCUT2D eigenvalue weighted by Gasteiger charge is -1.96. The van der Waals surface area contributed by atoms with Gasteiger partial charge in [-0.2, -0.15) is 0 Å². The lowest BCUT2D eigenvalue weighted by molar-refractivity contribution is -0.105. The molecule has 0 atom stereocenters. The fourth-order valence-electron chi connectivity index (χ4n) is 1.09. The van der Waals surface area contributed by atoms with Gasteiger partial charge < -0.3 is 10.3 Å². The quantitative estimate of drug-likeness (QED) is 0.653. The number of hydrogen-bond acceptors (Lipinski definition) is 2. The fraction of sp³-hybridized carbons (Fsp3) is 0.